The average Bonchev–Trinajstić information content (AvgIpc) is 3.31. The Labute approximate surface area is 202 Å². The lowest BCUT2D eigenvalue weighted by molar-refractivity contribution is -0.116. The molecule has 3 aromatic carbocycles. The fourth-order valence-electron chi connectivity index (χ4n) is 4.09. The van der Waals surface area contributed by atoms with Crippen LogP contribution in [0.5, 0.6) is 17.2 Å². The average molecular weight is 472 g/mol. The molecule has 0 fully saturated rings. The number of carbonyl (C=O) groups excluding carboxylic acids is 1. The van der Waals surface area contributed by atoms with Crippen LogP contribution in [-0.4, -0.2) is 24.4 Å². The van der Waals surface area contributed by atoms with E-state index in [0.717, 1.165) is 22.4 Å². The number of nitrogens with zero attached hydrogens (tertiary/aromatic N) is 1. The number of anilines is 2. The van der Waals surface area contributed by atoms with Gasteiger partial charge in [-0.1, -0.05) is 12.1 Å². The molecule has 0 bridgehead atoms. The van der Waals surface area contributed by atoms with Crippen molar-refractivity contribution in [2.24, 2.45) is 0 Å². The van der Waals surface area contributed by atoms with Gasteiger partial charge in [-0.15, -0.1) is 0 Å². The van der Waals surface area contributed by atoms with E-state index in [1.165, 1.54) is 4.57 Å². The van der Waals surface area contributed by atoms with Crippen LogP contribution in [0.3, 0.4) is 0 Å². The summed E-state index contributed by atoms with van der Waals surface area (Å²) in [5.41, 5.74) is 3.44. The fourth-order valence-corrected chi connectivity index (χ4v) is 4.09. The Bertz CT molecular complexity index is 1460. The summed E-state index contributed by atoms with van der Waals surface area (Å²) in [6.45, 7) is 2.22. The first-order valence-corrected chi connectivity index (χ1v) is 11.2. The number of fused-ring (bicyclic) bond motifs is 2. The first-order valence-electron chi connectivity index (χ1n) is 11.2. The van der Waals surface area contributed by atoms with Crippen molar-refractivity contribution in [3.63, 3.8) is 0 Å². The number of ether oxygens (including phenoxy) is 3. The number of carbonyl (C=O) groups is 1. The number of rotatable bonds is 7. The monoisotopic (exact) mass is 471 g/mol. The molecule has 8 heteroatoms. The molecule has 5 rings (SSSR count). The van der Waals surface area contributed by atoms with Crippen LogP contribution in [0.25, 0.3) is 10.9 Å². The first kappa shape index (κ1) is 22.3. The molecule has 0 radical (unpaired) electrons. The minimum absolute atomic E-state index is 0.121. The third-order valence-corrected chi connectivity index (χ3v) is 5.84. The Morgan fingerprint density at radius 1 is 1.00 bits per heavy atom. The molecule has 0 saturated carbocycles. The highest BCUT2D eigenvalue weighted by molar-refractivity contribution is 5.92. The predicted molar refractivity (Wildman–Crippen MR) is 134 cm³/mol. The highest BCUT2D eigenvalue weighted by Crippen LogP contribution is 2.36. The van der Waals surface area contributed by atoms with Crippen LogP contribution in [-0.2, 0) is 17.9 Å². The molecule has 1 aliphatic rings. The Balaban J connectivity index is 1.48. The minimum atomic E-state index is -0.295. The minimum Gasteiger partial charge on any atom is -0.497 e. The molecule has 0 spiro atoms. The number of aromatic nitrogens is 1. The quantitative estimate of drug-likeness (QED) is 0.418. The van der Waals surface area contributed by atoms with Gasteiger partial charge >= 0.3 is 0 Å². The van der Waals surface area contributed by atoms with Crippen LogP contribution in [0, 0.1) is 6.92 Å². The molecule has 1 aliphatic heterocycles. The van der Waals surface area contributed by atoms with Crippen molar-refractivity contribution in [2.75, 3.05) is 24.5 Å². The van der Waals surface area contributed by atoms with Crippen LogP contribution in [0.1, 0.15) is 11.1 Å². The highest BCUT2D eigenvalue weighted by Gasteiger charge is 2.19. The lowest BCUT2D eigenvalue weighted by Gasteiger charge is -2.15. The van der Waals surface area contributed by atoms with Gasteiger partial charge < -0.3 is 24.8 Å². The summed E-state index contributed by atoms with van der Waals surface area (Å²) in [5.74, 6) is 1.62. The fraction of sp³-hybridized carbons (Fsp3) is 0.185. The first-order chi connectivity index (χ1) is 17.0. The van der Waals surface area contributed by atoms with Gasteiger partial charge in [0.1, 0.15) is 12.3 Å². The lowest BCUT2D eigenvalue weighted by Crippen LogP contribution is -2.30. The van der Waals surface area contributed by atoms with Gasteiger partial charge in [0.05, 0.1) is 12.6 Å². The number of pyridine rings is 1. The van der Waals surface area contributed by atoms with Gasteiger partial charge in [0.15, 0.2) is 11.5 Å². The van der Waals surface area contributed by atoms with Crippen molar-refractivity contribution < 1.29 is 19.0 Å². The topological polar surface area (TPSA) is 90.8 Å². The number of methoxy groups -OCH3 is 1. The Morgan fingerprint density at radius 3 is 2.51 bits per heavy atom. The molecule has 35 heavy (non-hydrogen) atoms. The molecule has 0 atom stereocenters. The number of hydrogen-bond acceptors (Lipinski definition) is 6. The van der Waals surface area contributed by atoms with Crippen LogP contribution < -0.4 is 30.4 Å². The van der Waals surface area contributed by atoms with Gasteiger partial charge in [0.2, 0.25) is 12.7 Å². The predicted octanol–water partition coefficient (Wildman–Crippen LogP) is 4.30. The molecule has 4 aromatic rings. The summed E-state index contributed by atoms with van der Waals surface area (Å²) in [4.78, 5) is 26.4. The van der Waals surface area contributed by atoms with Gasteiger partial charge in [0.25, 0.3) is 5.56 Å². The summed E-state index contributed by atoms with van der Waals surface area (Å²) in [7, 11) is 1.61. The van der Waals surface area contributed by atoms with E-state index in [2.05, 4.69) is 10.6 Å². The van der Waals surface area contributed by atoms with E-state index in [4.69, 9.17) is 14.2 Å². The molecule has 0 aliphatic carbocycles. The summed E-state index contributed by atoms with van der Waals surface area (Å²) < 4.78 is 17.7. The molecule has 0 saturated heterocycles. The smallest absolute Gasteiger partial charge is 0.256 e. The second-order valence-electron chi connectivity index (χ2n) is 8.32. The van der Waals surface area contributed by atoms with E-state index in [9.17, 15) is 9.59 Å². The summed E-state index contributed by atoms with van der Waals surface area (Å²) in [6.07, 6.45) is 0. The van der Waals surface area contributed by atoms with Crippen LogP contribution in [0.2, 0.25) is 0 Å². The molecule has 2 heterocycles. The number of amides is 1. The van der Waals surface area contributed by atoms with Gasteiger partial charge in [-0.2, -0.15) is 0 Å². The zero-order valence-corrected chi connectivity index (χ0v) is 19.5. The van der Waals surface area contributed by atoms with Crippen molar-refractivity contribution >= 4 is 28.2 Å². The van der Waals surface area contributed by atoms with Gasteiger partial charge in [-0.05, 0) is 61.0 Å². The van der Waals surface area contributed by atoms with Crippen LogP contribution in [0.4, 0.5) is 11.4 Å². The van der Waals surface area contributed by atoms with Crippen molar-refractivity contribution in [3.05, 3.63) is 88.2 Å². The second kappa shape index (κ2) is 9.42. The van der Waals surface area contributed by atoms with Crippen molar-refractivity contribution in [1.29, 1.82) is 0 Å². The third-order valence-electron chi connectivity index (χ3n) is 5.84. The van der Waals surface area contributed by atoms with E-state index in [1.807, 2.05) is 67.6 Å². The van der Waals surface area contributed by atoms with E-state index in [-0.39, 0.29) is 31.3 Å². The standard InChI is InChI=1S/C27H25N3O5/c1-17-4-3-5-21(10-17)29-26(31)15-30-23-13-25-24(34-16-35-25)12-18(23)11-19(27(30)32)14-28-20-6-8-22(33-2)9-7-20/h3-13,28H,14-16H2,1-2H3,(H,29,31). The number of nitrogens with one attached hydrogen (secondary N) is 2. The van der Waals surface area contributed by atoms with Crippen molar-refractivity contribution in [2.45, 2.75) is 20.0 Å². The number of hydrogen-bond donors (Lipinski definition) is 2. The molecule has 1 aromatic heterocycles. The molecule has 8 nitrogen and oxygen atoms in total. The Kier molecular flexibility index (Phi) is 6.01. The highest BCUT2D eigenvalue weighted by atomic mass is 16.7. The molecular formula is C27H25N3O5. The maximum Gasteiger partial charge on any atom is 0.256 e. The SMILES string of the molecule is COc1ccc(NCc2cc3cc4c(cc3n(CC(=O)Nc3cccc(C)c3)c2=O)OCO4)cc1. The van der Waals surface area contributed by atoms with Crippen molar-refractivity contribution in [3.8, 4) is 17.2 Å². The summed E-state index contributed by atoms with van der Waals surface area (Å²) in [5, 5.41) is 6.93. The zero-order chi connectivity index (χ0) is 24.4. The maximum atomic E-state index is 13.5. The molecule has 1 amide bonds. The normalized spacial score (nSPS) is 11.9. The number of benzene rings is 3. The molecule has 0 unspecified atom stereocenters. The van der Waals surface area contributed by atoms with Crippen LogP contribution in [0.15, 0.2) is 71.5 Å². The molecule has 2 N–H and O–H groups in total. The maximum absolute atomic E-state index is 13.5. The summed E-state index contributed by atoms with van der Waals surface area (Å²) in [6, 6.07) is 20.4. The molecule has 178 valence electrons. The van der Waals surface area contributed by atoms with E-state index in [0.29, 0.717) is 28.3 Å². The molecular weight excluding hydrogens is 446 g/mol. The van der Waals surface area contributed by atoms with E-state index >= 15 is 0 Å². The Morgan fingerprint density at radius 2 is 1.77 bits per heavy atom. The number of aryl methyl sites for hydroxylation is 1. The van der Waals surface area contributed by atoms with Gasteiger partial charge in [-0.3, -0.25) is 14.2 Å². The Hall–Kier alpha value is -4.46. The second-order valence-corrected chi connectivity index (χ2v) is 8.32. The lowest BCUT2D eigenvalue weighted by atomic mass is 10.1. The largest absolute Gasteiger partial charge is 0.497 e. The van der Waals surface area contributed by atoms with Gasteiger partial charge in [0, 0.05) is 34.9 Å². The van der Waals surface area contributed by atoms with E-state index < -0.39 is 0 Å². The van der Waals surface area contributed by atoms with E-state index in [1.54, 1.807) is 13.2 Å². The van der Waals surface area contributed by atoms with Crippen LogP contribution >= 0.6 is 0 Å². The van der Waals surface area contributed by atoms with Crippen molar-refractivity contribution in [1.82, 2.24) is 4.57 Å². The van der Waals surface area contributed by atoms with Gasteiger partial charge in [-0.25, -0.2) is 0 Å². The zero-order valence-electron chi connectivity index (χ0n) is 19.5. The third kappa shape index (κ3) is 4.77. The summed E-state index contributed by atoms with van der Waals surface area (Å²) >= 11 is 0.